The van der Waals surface area contributed by atoms with Crippen LogP contribution in [0.2, 0.25) is 0 Å². The van der Waals surface area contributed by atoms with Crippen molar-refractivity contribution in [3.05, 3.63) is 42.1 Å². The van der Waals surface area contributed by atoms with Crippen LogP contribution in [0.3, 0.4) is 0 Å². The smallest absolute Gasteiger partial charge is 0.322 e. The van der Waals surface area contributed by atoms with E-state index < -0.39 is 0 Å². The molecule has 3 N–H and O–H groups in total. The molecule has 0 spiro atoms. The number of aromatic nitrogens is 2. The highest BCUT2D eigenvalue weighted by atomic mass is 16.2. The average Bonchev–Trinajstić information content (AvgIpc) is 2.96. The first-order chi connectivity index (χ1) is 11.2. The predicted octanol–water partition coefficient (Wildman–Crippen LogP) is 1.68. The van der Waals surface area contributed by atoms with E-state index in [1.165, 1.54) is 0 Å². The zero-order chi connectivity index (χ0) is 16.2. The van der Waals surface area contributed by atoms with Crippen molar-refractivity contribution in [2.24, 2.45) is 0 Å². The van der Waals surface area contributed by atoms with Crippen molar-refractivity contribution in [2.75, 3.05) is 24.2 Å². The van der Waals surface area contributed by atoms with Crippen molar-refractivity contribution in [1.82, 2.24) is 20.0 Å². The SMILES string of the molecule is CNC(=O)Nc1cc2n(n1)CCN(C(=O)Nc1ccccc1)C2. The fourth-order valence-corrected chi connectivity index (χ4v) is 2.40. The number of urea groups is 2. The van der Waals surface area contributed by atoms with E-state index in [1.54, 1.807) is 22.7 Å². The summed E-state index contributed by atoms with van der Waals surface area (Å²) in [6.45, 7) is 1.60. The Kier molecular flexibility index (Phi) is 4.13. The minimum atomic E-state index is -0.320. The third-order valence-corrected chi connectivity index (χ3v) is 3.58. The van der Waals surface area contributed by atoms with E-state index in [2.05, 4.69) is 21.0 Å². The average molecular weight is 314 g/mol. The number of amides is 4. The number of hydrogen-bond acceptors (Lipinski definition) is 3. The summed E-state index contributed by atoms with van der Waals surface area (Å²) in [4.78, 5) is 25.4. The van der Waals surface area contributed by atoms with Gasteiger partial charge in [-0.2, -0.15) is 5.10 Å². The van der Waals surface area contributed by atoms with Gasteiger partial charge in [0.1, 0.15) is 0 Å². The summed E-state index contributed by atoms with van der Waals surface area (Å²) in [5, 5.41) is 12.3. The number of benzene rings is 1. The van der Waals surface area contributed by atoms with Crippen LogP contribution in [0.15, 0.2) is 36.4 Å². The van der Waals surface area contributed by atoms with Gasteiger partial charge < -0.3 is 15.5 Å². The zero-order valence-electron chi connectivity index (χ0n) is 12.7. The first kappa shape index (κ1) is 14.9. The van der Waals surface area contributed by atoms with Crippen LogP contribution in [0, 0.1) is 0 Å². The minimum Gasteiger partial charge on any atom is -0.341 e. The van der Waals surface area contributed by atoms with Gasteiger partial charge in [0.25, 0.3) is 0 Å². The molecule has 1 aromatic carbocycles. The lowest BCUT2D eigenvalue weighted by atomic mass is 10.3. The molecular formula is C15H18N6O2. The Balaban J connectivity index is 1.65. The summed E-state index contributed by atoms with van der Waals surface area (Å²) in [5.74, 6) is 0.477. The van der Waals surface area contributed by atoms with E-state index in [1.807, 2.05) is 30.3 Å². The monoisotopic (exact) mass is 314 g/mol. The van der Waals surface area contributed by atoms with Gasteiger partial charge in [0.2, 0.25) is 0 Å². The van der Waals surface area contributed by atoms with E-state index in [0.717, 1.165) is 11.4 Å². The number of nitrogens with zero attached hydrogens (tertiary/aromatic N) is 3. The first-order valence-electron chi connectivity index (χ1n) is 7.32. The number of hydrogen-bond donors (Lipinski definition) is 3. The van der Waals surface area contributed by atoms with Crippen LogP contribution in [0.4, 0.5) is 21.1 Å². The van der Waals surface area contributed by atoms with E-state index in [-0.39, 0.29) is 12.1 Å². The highest BCUT2D eigenvalue weighted by Crippen LogP contribution is 2.17. The molecule has 0 saturated heterocycles. The number of carbonyl (C=O) groups is 2. The molecule has 0 bridgehead atoms. The van der Waals surface area contributed by atoms with Crippen molar-refractivity contribution in [3.63, 3.8) is 0 Å². The van der Waals surface area contributed by atoms with Gasteiger partial charge in [0.05, 0.1) is 18.8 Å². The van der Waals surface area contributed by atoms with Gasteiger partial charge in [-0.15, -0.1) is 0 Å². The van der Waals surface area contributed by atoms with Gasteiger partial charge in [0.15, 0.2) is 5.82 Å². The Bertz CT molecular complexity index is 712. The molecular weight excluding hydrogens is 296 g/mol. The van der Waals surface area contributed by atoms with Crippen LogP contribution in [0.1, 0.15) is 5.69 Å². The molecule has 3 rings (SSSR count). The summed E-state index contributed by atoms with van der Waals surface area (Å²) in [7, 11) is 1.54. The van der Waals surface area contributed by atoms with Gasteiger partial charge in [-0.3, -0.25) is 10.00 Å². The Morgan fingerprint density at radius 3 is 2.65 bits per heavy atom. The number of rotatable bonds is 2. The maximum absolute atomic E-state index is 12.3. The van der Waals surface area contributed by atoms with Crippen LogP contribution in [-0.4, -0.2) is 40.3 Å². The van der Waals surface area contributed by atoms with Gasteiger partial charge in [-0.05, 0) is 12.1 Å². The second kappa shape index (κ2) is 6.39. The number of para-hydroxylation sites is 1. The first-order valence-corrected chi connectivity index (χ1v) is 7.32. The molecule has 2 aromatic rings. The molecule has 0 aliphatic carbocycles. The molecule has 120 valence electrons. The summed E-state index contributed by atoms with van der Waals surface area (Å²) in [6.07, 6.45) is 0. The third-order valence-electron chi connectivity index (χ3n) is 3.58. The fraction of sp³-hybridized carbons (Fsp3) is 0.267. The molecule has 1 aromatic heterocycles. The topological polar surface area (TPSA) is 91.3 Å². The quantitative estimate of drug-likeness (QED) is 0.787. The lowest BCUT2D eigenvalue weighted by Crippen LogP contribution is -2.40. The number of anilines is 2. The number of carbonyl (C=O) groups excluding carboxylic acids is 2. The fourth-order valence-electron chi connectivity index (χ4n) is 2.40. The molecule has 1 aliphatic heterocycles. The predicted molar refractivity (Wildman–Crippen MR) is 86.2 cm³/mol. The second-order valence-electron chi connectivity index (χ2n) is 5.17. The third kappa shape index (κ3) is 3.42. The normalized spacial score (nSPS) is 13.2. The summed E-state index contributed by atoms with van der Waals surface area (Å²) >= 11 is 0. The van der Waals surface area contributed by atoms with Crippen molar-refractivity contribution in [2.45, 2.75) is 13.1 Å². The van der Waals surface area contributed by atoms with Gasteiger partial charge in [-0.1, -0.05) is 18.2 Å². The molecule has 2 heterocycles. The second-order valence-corrected chi connectivity index (χ2v) is 5.17. The highest BCUT2D eigenvalue weighted by Gasteiger charge is 2.22. The van der Waals surface area contributed by atoms with Crippen LogP contribution in [0.5, 0.6) is 0 Å². The Morgan fingerprint density at radius 1 is 1.13 bits per heavy atom. The molecule has 0 saturated carbocycles. The summed E-state index contributed by atoms with van der Waals surface area (Å²) in [5.41, 5.74) is 1.64. The Hall–Kier alpha value is -3.03. The minimum absolute atomic E-state index is 0.149. The summed E-state index contributed by atoms with van der Waals surface area (Å²) in [6, 6.07) is 10.6. The molecule has 0 atom stereocenters. The highest BCUT2D eigenvalue weighted by molar-refractivity contribution is 5.89. The number of fused-ring (bicyclic) bond motifs is 1. The molecule has 8 heteroatoms. The molecule has 1 aliphatic rings. The van der Waals surface area contributed by atoms with Crippen molar-refractivity contribution in [3.8, 4) is 0 Å². The van der Waals surface area contributed by atoms with Crippen molar-refractivity contribution >= 4 is 23.6 Å². The molecule has 0 fully saturated rings. The van der Waals surface area contributed by atoms with E-state index >= 15 is 0 Å². The van der Waals surface area contributed by atoms with E-state index in [0.29, 0.717) is 25.5 Å². The maximum Gasteiger partial charge on any atom is 0.322 e. The van der Waals surface area contributed by atoms with Crippen LogP contribution < -0.4 is 16.0 Å². The molecule has 8 nitrogen and oxygen atoms in total. The number of nitrogens with one attached hydrogen (secondary N) is 3. The molecule has 4 amide bonds. The molecule has 0 unspecified atom stereocenters. The Morgan fingerprint density at radius 2 is 1.91 bits per heavy atom. The largest absolute Gasteiger partial charge is 0.341 e. The Labute approximate surface area is 133 Å². The van der Waals surface area contributed by atoms with Gasteiger partial charge >= 0.3 is 12.1 Å². The van der Waals surface area contributed by atoms with Crippen LogP contribution in [0.25, 0.3) is 0 Å². The summed E-state index contributed by atoms with van der Waals surface area (Å²) < 4.78 is 1.80. The van der Waals surface area contributed by atoms with E-state index in [4.69, 9.17) is 0 Å². The molecule has 0 radical (unpaired) electrons. The maximum atomic E-state index is 12.3. The standard InChI is InChI=1S/C15H18N6O2/c1-16-14(22)18-13-9-12-10-20(7-8-21(12)19-13)15(23)17-11-5-3-2-4-6-11/h2-6,9H,7-8,10H2,1H3,(H,17,23)(H2,16,18,19,22). The van der Waals surface area contributed by atoms with Crippen LogP contribution >= 0.6 is 0 Å². The lowest BCUT2D eigenvalue weighted by molar-refractivity contribution is 0.194. The zero-order valence-corrected chi connectivity index (χ0v) is 12.7. The lowest BCUT2D eigenvalue weighted by Gasteiger charge is -2.27. The molecule has 23 heavy (non-hydrogen) atoms. The van der Waals surface area contributed by atoms with Crippen molar-refractivity contribution < 1.29 is 9.59 Å². The van der Waals surface area contributed by atoms with Crippen LogP contribution in [-0.2, 0) is 13.1 Å². The van der Waals surface area contributed by atoms with Gasteiger partial charge in [-0.25, -0.2) is 9.59 Å². The van der Waals surface area contributed by atoms with Crippen molar-refractivity contribution in [1.29, 1.82) is 0 Å². The van der Waals surface area contributed by atoms with Gasteiger partial charge in [0, 0.05) is 25.3 Å². The van der Waals surface area contributed by atoms with E-state index in [9.17, 15) is 9.59 Å².